The van der Waals surface area contributed by atoms with Gasteiger partial charge in [0.2, 0.25) is 0 Å². The first kappa shape index (κ1) is 24.7. The van der Waals surface area contributed by atoms with E-state index in [9.17, 15) is 4.79 Å². The van der Waals surface area contributed by atoms with E-state index < -0.39 is 5.60 Å². The van der Waals surface area contributed by atoms with Gasteiger partial charge in [0.05, 0.1) is 12.2 Å². The highest BCUT2D eigenvalue weighted by molar-refractivity contribution is 14.0. The van der Waals surface area contributed by atoms with Gasteiger partial charge in [-0.1, -0.05) is 0 Å². The number of hydrogen-bond acceptors (Lipinski definition) is 4. The van der Waals surface area contributed by atoms with Crippen LogP contribution in [-0.4, -0.2) is 76.5 Å². The van der Waals surface area contributed by atoms with Crippen LogP contribution in [0.4, 0.5) is 4.79 Å². The normalized spacial score (nSPS) is 22.6. The van der Waals surface area contributed by atoms with Gasteiger partial charge in [-0.05, 0) is 52.0 Å². The molecular weight excluding hydrogens is 495 g/mol. The molecule has 8 nitrogen and oxygen atoms in total. The second-order valence-corrected chi connectivity index (χ2v) is 9.13. The summed E-state index contributed by atoms with van der Waals surface area (Å²) in [7, 11) is 3.78. The molecule has 0 saturated carbocycles. The molecule has 1 aromatic rings. The second-order valence-electron chi connectivity index (χ2n) is 9.13. The van der Waals surface area contributed by atoms with E-state index >= 15 is 0 Å². The number of hydrogen-bond donors (Lipinski definition) is 1. The molecule has 1 aromatic heterocycles. The fourth-order valence-electron chi connectivity index (χ4n) is 4.19. The van der Waals surface area contributed by atoms with Crippen LogP contribution in [-0.2, 0) is 11.8 Å². The largest absolute Gasteiger partial charge is 0.444 e. The van der Waals surface area contributed by atoms with Crippen LogP contribution in [0.1, 0.15) is 57.9 Å². The first-order valence-electron chi connectivity index (χ1n) is 10.7. The Bertz CT molecular complexity index is 729. The summed E-state index contributed by atoms with van der Waals surface area (Å²) in [4.78, 5) is 21.3. The Morgan fingerprint density at radius 1 is 1.30 bits per heavy atom. The summed E-state index contributed by atoms with van der Waals surface area (Å²) in [5.74, 6) is 1.39. The molecule has 1 N–H and O–H groups in total. The number of ether oxygens (including phenoxy) is 1. The molecule has 0 bridgehead atoms. The third-order valence-electron chi connectivity index (χ3n) is 5.65. The SMILES string of the molecule is CN=C(NCC1CCCCN1C(=O)OC(C)(C)C)N1CCC(c2cnn(C)c2)C1.I. The van der Waals surface area contributed by atoms with E-state index in [1.807, 2.05) is 50.6 Å². The number of carbonyl (C=O) groups is 1. The van der Waals surface area contributed by atoms with Crippen molar-refractivity contribution in [1.82, 2.24) is 24.9 Å². The Hall–Kier alpha value is -1.52. The molecule has 2 aliphatic rings. The molecule has 2 unspecified atom stereocenters. The minimum atomic E-state index is -0.473. The minimum Gasteiger partial charge on any atom is -0.444 e. The summed E-state index contributed by atoms with van der Waals surface area (Å²) in [5.41, 5.74) is 0.813. The van der Waals surface area contributed by atoms with E-state index in [0.717, 1.165) is 51.3 Å². The Morgan fingerprint density at radius 2 is 2.07 bits per heavy atom. The summed E-state index contributed by atoms with van der Waals surface area (Å²) in [6, 6.07) is 0.132. The predicted molar refractivity (Wildman–Crippen MR) is 129 cm³/mol. The van der Waals surface area contributed by atoms with Crippen LogP contribution in [0.2, 0.25) is 0 Å². The average Bonchev–Trinajstić information content (AvgIpc) is 3.30. The highest BCUT2D eigenvalue weighted by Crippen LogP contribution is 2.27. The fourth-order valence-corrected chi connectivity index (χ4v) is 4.19. The smallest absolute Gasteiger partial charge is 0.410 e. The minimum absolute atomic E-state index is 0. The number of aryl methyl sites for hydroxylation is 1. The van der Waals surface area contributed by atoms with E-state index in [1.54, 1.807) is 0 Å². The van der Waals surface area contributed by atoms with Gasteiger partial charge in [0.25, 0.3) is 0 Å². The summed E-state index contributed by atoms with van der Waals surface area (Å²) in [6.07, 6.45) is 8.11. The molecular formula is C21H37IN6O2. The van der Waals surface area contributed by atoms with Crippen molar-refractivity contribution in [3.05, 3.63) is 18.0 Å². The number of piperidine rings is 1. The van der Waals surface area contributed by atoms with Gasteiger partial charge < -0.3 is 19.9 Å². The molecule has 3 heterocycles. The lowest BCUT2D eigenvalue weighted by atomic mass is 10.0. The van der Waals surface area contributed by atoms with E-state index in [0.29, 0.717) is 12.5 Å². The van der Waals surface area contributed by atoms with Gasteiger partial charge in [0.15, 0.2) is 5.96 Å². The topological polar surface area (TPSA) is 75.0 Å². The molecule has 2 atom stereocenters. The summed E-state index contributed by atoms with van der Waals surface area (Å²) >= 11 is 0. The van der Waals surface area contributed by atoms with Gasteiger partial charge in [0.1, 0.15) is 5.60 Å². The number of carbonyl (C=O) groups excluding carboxylic acids is 1. The number of guanidine groups is 1. The predicted octanol–water partition coefficient (Wildman–Crippen LogP) is 3.19. The molecule has 0 aliphatic carbocycles. The molecule has 2 fully saturated rings. The van der Waals surface area contributed by atoms with Crippen LogP contribution < -0.4 is 5.32 Å². The van der Waals surface area contributed by atoms with Crippen LogP contribution in [0, 0.1) is 0 Å². The number of nitrogens with one attached hydrogen (secondary N) is 1. The van der Waals surface area contributed by atoms with Crippen molar-refractivity contribution in [2.75, 3.05) is 33.2 Å². The first-order chi connectivity index (χ1) is 13.8. The van der Waals surface area contributed by atoms with Crippen molar-refractivity contribution >= 4 is 36.0 Å². The van der Waals surface area contributed by atoms with Gasteiger partial charge in [-0.2, -0.15) is 5.10 Å². The summed E-state index contributed by atoms with van der Waals surface area (Å²) in [6.45, 7) is 9.10. The van der Waals surface area contributed by atoms with Crippen molar-refractivity contribution in [1.29, 1.82) is 0 Å². The van der Waals surface area contributed by atoms with E-state index in [4.69, 9.17) is 4.74 Å². The monoisotopic (exact) mass is 532 g/mol. The van der Waals surface area contributed by atoms with Crippen LogP contribution in [0.5, 0.6) is 0 Å². The number of nitrogens with zero attached hydrogens (tertiary/aromatic N) is 5. The third kappa shape index (κ3) is 6.49. The standard InChI is InChI=1S/C21H36N6O2.HI/c1-21(2,3)29-20(28)27-10-7-6-8-18(27)13-23-19(22-4)26-11-9-16(15-26)17-12-24-25(5)14-17;/h12,14,16,18H,6-11,13,15H2,1-5H3,(H,22,23);1H. The molecule has 0 aromatic carbocycles. The molecule has 9 heteroatoms. The third-order valence-corrected chi connectivity index (χ3v) is 5.65. The van der Waals surface area contributed by atoms with Crippen molar-refractivity contribution in [3.63, 3.8) is 0 Å². The van der Waals surface area contributed by atoms with Crippen LogP contribution in [0.15, 0.2) is 17.4 Å². The van der Waals surface area contributed by atoms with E-state index in [2.05, 4.69) is 26.5 Å². The molecule has 0 radical (unpaired) electrons. The molecule has 170 valence electrons. The van der Waals surface area contributed by atoms with Crippen LogP contribution in [0.3, 0.4) is 0 Å². The van der Waals surface area contributed by atoms with Gasteiger partial charge in [-0.15, -0.1) is 24.0 Å². The number of rotatable bonds is 3. The Kier molecular flexibility index (Phi) is 8.81. The van der Waals surface area contributed by atoms with Gasteiger partial charge >= 0.3 is 6.09 Å². The highest BCUT2D eigenvalue weighted by Gasteiger charge is 2.32. The maximum atomic E-state index is 12.6. The number of likely N-dealkylation sites (tertiary alicyclic amines) is 2. The number of halogens is 1. The maximum absolute atomic E-state index is 12.6. The molecule has 2 aliphatic heterocycles. The fraction of sp³-hybridized carbons (Fsp3) is 0.762. The molecule has 30 heavy (non-hydrogen) atoms. The van der Waals surface area contributed by atoms with E-state index in [1.165, 1.54) is 5.56 Å². The highest BCUT2D eigenvalue weighted by atomic mass is 127. The Balaban J connectivity index is 0.00000320. The van der Waals surface area contributed by atoms with Crippen molar-refractivity contribution < 1.29 is 9.53 Å². The quantitative estimate of drug-likeness (QED) is 0.368. The van der Waals surface area contributed by atoms with Crippen LogP contribution >= 0.6 is 24.0 Å². The van der Waals surface area contributed by atoms with Crippen molar-refractivity contribution in [2.24, 2.45) is 12.0 Å². The Morgan fingerprint density at radius 3 is 2.70 bits per heavy atom. The van der Waals surface area contributed by atoms with Crippen molar-refractivity contribution in [2.45, 2.75) is 64.0 Å². The lowest BCUT2D eigenvalue weighted by Crippen LogP contribution is -2.52. The van der Waals surface area contributed by atoms with Gasteiger partial charge in [-0.3, -0.25) is 9.67 Å². The maximum Gasteiger partial charge on any atom is 0.410 e. The molecule has 1 amide bonds. The van der Waals surface area contributed by atoms with Crippen molar-refractivity contribution in [3.8, 4) is 0 Å². The first-order valence-corrected chi connectivity index (χ1v) is 10.7. The molecule has 3 rings (SSSR count). The van der Waals surface area contributed by atoms with Crippen LogP contribution in [0.25, 0.3) is 0 Å². The number of amides is 1. The zero-order valence-corrected chi connectivity index (χ0v) is 21.3. The molecule has 0 spiro atoms. The van der Waals surface area contributed by atoms with Gasteiger partial charge in [-0.25, -0.2) is 4.79 Å². The van der Waals surface area contributed by atoms with E-state index in [-0.39, 0.29) is 36.1 Å². The lowest BCUT2D eigenvalue weighted by molar-refractivity contribution is 0.0104. The van der Waals surface area contributed by atoms with Gasteiger partial charge in [0, 0.05) is 52.4 Å². The Labute approximate surface area is 197 Å². The number of aromatic nitrogens is 2. The summed E-state index contributed by atoms with van der Waals surface area (Å²) < 4.78 is 7.48. The summed E-state index contributed by atoms with van der Waals surface area (Å²) in [5, 5.41) is 7.81. The average molecular weight is 532 g/mol. The molecule has 2 saturated heterocycles. The zero-order valence-electron chi connectivity index (χ0n) is 18.9. The zero-order chi connectivity index (χ0) is 21.0. The lowest BCUT2D eigenvalue weighted by Gasteiger charge is -2.37. The second kappa shape index (κ2) is 10.7. The number of aliphatic imine (C=N–C) groups is 1.